The lowest BCUT2D eigenvalue weighted by molar-refractivity contribution is -0.157. The summed E-state index contributed by atoms with van der Waals surface area (Å²) >= 11 is 0. The number of hydrogen-bond donors (Lipinski definition) is 1. The summed E-state index contributed by atoms with van der Waals surface area (Å²) < 4.78 is 32.9. The van der Waals surface area contributed by atoms with Crippen molar-refractivity contribution in [2.24, 2.45) is 5.92 Å². The molecular formula is C21H30N2O5S. The lowest BCUT2D eigenvalue weighted by Crippen LogP contribution is -2.68. The third kappa shape index (κ3) is 4.42. The van der Waals surface area contributed by atoms with Crippen molar-refractivity contribution in [2.75, 3.05) is 13.7 Å². The third-order valence-corrected chi connectivity index (χ3v) is 7.60. The van der Waals surface area contributed by atoms with Crippen LogP contribution in [0.3, 0.4) is 0 Å². The lowest BCUT2D eigenvalue weighted by Gasteiger charge is -2.49. The van der Waals surface area contributed by atoms with E-state index < -0.39 is 21.5 Å². The number of benzene rings is 1. The Kier molecular flexibility index (Phi) is 6.22. The summed E-state index contributed by atoms with van der Waals surface area (Å²) in [5, 5.41) is 0. The van der Waals surface area contributed by atoms with Crippen LogP contribution in [0.1, 0.15) is 57.4 Å². The van der Waals surface area contributed by atoms with Crippen LogP contribution in [0.25, 0.3) is 0 Å². The van der Waals surface area contributed by atoms with Gasteiger partial charge in [0.1, 0.15) is 16.2 Å². The first kappa shape index (κ1) is 21.6. The van der Waals surface area contributed by atoms with E-state index >= 15 is 0 Å². The number of rotatable bonds is 6. The molecule has 1 atom stereocenters. The third-order valence-electron chi connectivity index (χ3n) is 6.23. The molecule has 2 aliphatic rings. The minimum atomic E-state index is -4.12. The van der Waals surface area contributed by atoms with Crippen molar-refractivity contribution in [3.8, 4) is 5.75 Å². The molecule has 0 spiro atoms. The van der Waals surface area contributed by atoms with Gasteiger partial charge in [0.15, 0.2) is 0 Å². The number of sulfonamides is 1. The predicted octanol–water partition coefficient (Wildman–Crippen LogP) is 2.77. The van der Waals surface area contributed by atoms with E-state index in [1.54, 1.807) is 19.1 Å². The molecule has 0 radical (unpaired) electrons. The SMILES string of the molecule is COc1cc(C)ccc1S(=O)(=O)NC(=O)C1(C)CCN1C(=O)CC1CCCCC1. The van der Waals surface area contributed by atoms with Gasteiger partial charge in [-0.3, -0.25) is 9.59 Å². The first-order valence-electron chi connectivity index (χ1n) is 10.2. The van der Waals surface area contributed by atoms with Gasteiger partial charge in [-0.05, 0) is 56.7 Å². The van der Waals surface area contributed by atoms with Crippen LogP contribution in [-0.4, -0.2) is 44.3 Å². The summed E-state index contributed by atoms with van der Waals surface area (Å²) in [6, 6.07) is 4.66. The highest BCUT2D eigenvalue weighted by molar-refractivity contribution is 7.90. The Labute approximate surface area is 172 Å². The fourth-order valence-corrected chi connectivity index (χ4v) is 5.46. The van der Waals surface area contributed by atoms with Crippen LogP contribution in [-0.2, 0) is 19.6 Å². The van der Waals surface area contributed by atoms with Gasteiger partial charge in [0.25, 0.3) is 15.9 Å². The molecule has 160 valence electrons. The Balaban J connectivity index is 1.71. The highest BCUT2D eigenvalue weighted by atomic mass is 32.2. The van der Waals surface area contributed by atoms with E-state index in [4.69, 9.17) is 4.74 Å². The van der Waals surface area contributed by atoms with Crippen molar-refractivity contribution < 1.29 is 22.7 Å². The number of methoxy groups -OCH3 is 1. The van der Waals surface area contributed by atoms with Crippen molar-refractivity contribution in [1.29, 1.82) is 0 Å². The maximum Gasteiger partial charge on any atom is 0.267 e. The second-order valence-corrected chi connectivity index (χ2v) is 10.0. The molecule has 0 aromatic heterocycles. The van der Waals surface area contributed by atoms with E-state index in [-0.39, 0.29) is 16.6 Å². The Morgan fingerprint density at radius 2 is 1.93 bits per heavy atom. The van der Waals surface area contributed by atoms with E-state index in [0.29, 0.717) is 25.3 Å². The maximum absolute atomic E-state index is 12.9. The van der Waals surface area contributed by atoms with Crippen LogP contribution in [0, 0.1) is 12.8 Å². The van der Waals surface area contributed by atoms with Crippen LogP contribution >= 0.6 is 0 Å². The lowest BCUT2D eigenvalue weighted by atomic mass is 9.82. The molecule has 1 N–H and O–H groups in total. The van der Waals surface area contributed by atoms with E-state index in [9.17, 15) is 18.0 Å². The Hall–Kier alpha value is -2.09. The number of nitrogens with zero attached hydrogens (tertiary/aromatic N) is 1. The highest BCUT2D eigenvalue weighted by Crippen LogP contribution is 2.35. The molecule has 0 bridgehead atoms. The zero-order chi connectivity index (χ0) is 21.2. The molecule has 1 heterocycles. The van der Waals surface area contributed by atoms with Crippen LogP contribution in [0.4, 0.5) is 0 Å². The molecule has 1 unspecified atom stereocenters. The van der Waals surface area contributed by atoms with Gasteiger partial charge in [0, 0.05) is 13.0 Å². The molecule has 29 heavy (non-hydrogen) atoms. The molecule has 1 aromatic rings. The zero-order valence-electron chi connectivity index (χ0n) is 17.4. The average Bonchev–Trinajstić information content (AvgIpc) is 2.66. The predicted molar refractivity (Wildman–Crippen MR) is 109 cm³/mol. The standard InChI is InChI=1S/C21H30N2O5S/c1-15-9-10-18(17(13-15)28-3)29(26,27)22-20(25)21(2)11-12-23(21)19(24)14-16-7-5-4-6-8-16/h9-10,13,16H,4-8,11-12,14H2,1-3H3,(H,22,25). The van der Waals surface area contributed by atoms with Crippen LogP contribution in [0.2, 0.25) is 0 Å². The van der Waals surface area contributed by atoms with Gasteiger partial charge in [-0.2, -0.15) is 0 Å². The largest absolute Gasteiger partial charge is 0.495 e. The number of carbonyl (C=O) groups excluding carboxylic acids is 2. The van der Waals surface area contributed by atoms with Crippen molar-refractivity contribution >= 4 is 21.8 Å². The van der Waals surface area contributed by atoms with Gasteiger partial charge in [-0.15, -0.1) is 0 Å². The second-order valence-electron chi connectivity index (χ2n) is 8.37. The minimum Gasteiger partial charge on any atom is -0.495 e. The summed E-state index contributed by atoms with van der Waals surface area (Å²) in [4.78, 5) is 27.1. The van der Waals surface area contributed by atoms with Crippen molar-refractivity contribution in [3.63, 3.8) is 0 Å². The van der Waals surface area contributed by atoms with Gasteiger partial charge in [-0.1, -0.05) is 25.3 Å². The van der Waals surface area contributed by atoms with E-state index in [2.05, 4.69) is 4.72 Å². The number of carbonyl (C=O) groups is 2. The zero-order valence-corrected chi connectivity index (χ0v) is 18.2. The average molecular weight is 423 g/mol. The quantitative estimate of drug-likeness (QED) is 0.761. The Morgan fingerprint density at radius 3 is 2.52 bits per heavy atom. The number of nitrogens with one attached hydrogen (secondary N) is 1. The topological polar surface area (TPSA) is 92.8 Å². The number of ether oxygens (including phenoxy) is 1. The summed E-state index contributed by atoms with van der Waals surface area (Å²) in [5.41, 5.74) is -0.297. The summed E-state index contributed by atoms with van der Waals surface area (Å²) in [6.07, 6.45) is 6.47. The van der Waals surface area contributed by atoms with Crippen LogP contribution in [0.5, 0.6) is 5.75 Å². The normalized spacial score (nSPS) is 22.7. The molecule has 1 aliphatic carbocycles. The second kappa shape index (κ2) is 8.34. The maximum atomic E-state index is 12.9. The first-order chi connectivity index (χ1) is 13.7. The van der Waals surface area contributed by atoms with Crippen molar-refractivity contribution in [2.45, 2.75) is 69.2 Å². The highest BCUT2D eigenvalue weighted by Gasteiger charge is 2.50. The van der Waals surface area contributed by atoms with Gasteiger partial charge < -0.3 is 9.64 Å². The number of aryl methyl sites for hydroxylation is 1. The molecule has 2 amide bonds. The molecule has 7 nitrogen and oxygen atoms in total. The van der Waals surface area contributed by atoms with Gasteiger partial charge in [0.2, 0.25) is 5.91 Å². The van der Waals surface area contributed by atoms with Crippen molar-refractivity contribution in [3.05, 3.63) is 23.8 Å². The molecule has 8 heteroatoms. The molecule has 1 aromatic carbocycles. The van der Waals surface area contributed by atoms with Crippen LogP contribution < -0.4 is 9.46 Å². The fraction of sp³-hybridized carbons (Fsp3) is 0.619. The van der Waals surface area contributed by atoms with E-state index in [1.165, 1.54) is 24.5 Å². The molecular weight excluding hydrogens is 392 g/mol. The molecule has 1 saturated heterocycles. The Morgan fingerprint density at radius 1 is 1.24 bits per heavy atom. The fourth-order valence-electron chi connectivity index (χ4n) is 4.23. The number of likely N-dealkylation sites (tertiary alicyclic amines) is 1. The summed E-state index contributed by atoms with van der Waals surface area (Å²) in [7, 11) is -2.73. The van der Waals surface area contributed by atoms with Gasteiger partial charge in [0.05, 0.1) is 7.11 Å². The first-order valence-corrected chi connectivity index (χ1v) is 11.7. The minimum absolute atomic E-state index is 0.0638. The molecule has 2 fully saturated rings. The molecule has 1 saturated carbocycles. The van der Waals surface area contributed by atoms with Crippen molar-refractivity contribution in [1.82, 2.24) is 9.62 Å². The van der Waals surface area contributed by atoms with Crippen LogP contribution in [0.15, 0.2) is 23.1 Å². The number of hydrogen-bond acceptors (Lipinski definition) is 5. The summed E-state index contributed by atoms with van der Waals surface area (Å²) in [6.45, 7) is 3.93. The van der Waals surface area contributed by atoms with Gasteiger partial charge >= 0.3 is 0 Å². The Bertz CT molecular complexity index is 892. The van der Waals surface area contributed by atoms with E-state index in [0.717, 1.165) is 31.2 Å². The monoisotopic (exact) mass is 422 g/mol. The smallest absolute Gasteiger partial charge is 0.267 e. The van der Waals surface area contributed by atoms with E-state index in [1.807, 2.05) is 6.92 Å². The molecule has 3 rings (SSSR count). The number of amides is 2. The van der Waals surface area contributed by atoms with Gasteiger partial charge in [-0.25, -0.2) is 13.1 Å². The molecule has 1 aliphatic heterocycles. The summed E-state index contributed by atoms with van der Waals surface area (Å²) in [5.74, 6) is -0.200.